The van der Waals surface area contributed by atoms with Gasteiger partial charge in [0.25, 0.3) is 5.91 Å². The van der Waals surface area contributed by atoms with Gasteiger partial charge in [0, 0.05) is 31.0 Å². The summed E-state index contributed by atoms with van der Waals surface area (Å²) in [5, 5.41) is 5.80. The minimum absolute atomic E-state index is 0.0168. The molecule has 2 N–H and O–H groups in total. The van der Waals surface area contributed by atoms with Crippen molar-refractivity contribution < 1.29 is 23.9 Å². The fraction of sp³-hybridized carbons (Fsp3) is 0.571. The van der Waals surface area contributed by atoms with Gasteiger partial charge in [-0.2, -0.15) is 0 Å². The summed E-state index contributed by atoms with van der Waals surface area (Å²) in [5.41, 5.74) is -0.623. The maximum absolute atomic E-state index is 12.6. The number of nitrogens with zero attached hydrogens (tertiary/aromatic N) is 1. The second-order valence-electron chi connectivity index (χ2n) is 8.69. The first-order valence-corrected chi connectivity index (χ1v) is 9.85. The van der Waals surface area contributed by atoms with Crippen LogP contribution in [0.1, 0.15) is 50.4 Å². The summed E-state index contributed by atoms with van der Waals surface area (Å²) in [7, 11) is 1.55. The van der Waals surface area contributed by atoms with E-state index in [9.17, 15) is 14.4 Å². The second-order valence-corrected chi connectivity index (χ2v) is 8.69. The molecule has 0 unspecified atom stereocenters. The predicted octanol–water partition coefficient (Wildman–Crippen LogP) is 1.48. The molecule has 1 spiro atoms. The summed E-state index contributed by atoms with van der Waals surface area (Å²) in [6.45, 7) is 6.40. The highest BCUT2D eigenvalue weighted by atomic mass is 16.5. The van der Waals surface area contributed by atoms with Crippen molar-refractivity contribution in [3.8, 4) is 11.5 Å². The van der Waals surface area contributed by atoms with E-state index >= 15 is 0 Å². The van der Waals surface area contributed by atoms with Gasteiger partial charge in [-0.25, -0.2) is 0 Å². The molecule has 8 heteroatoms. The molecule has 3 amide bonds. The minimum atomic E-state index is -0.710. The SMILES string of the molecule is COc1ccc2c(c1)O[C@@]1(CCC(=O)N(CC(=O)NC(C)(C)C)CC1)CNC2=O. The topological polar surface area (TPSA) is 97.0 Å². The lowest BCUT2D eigenvalue weighted by molar-refractivity contribution is -0.136. The van der Waals surface area contributed by atoms with Crippen molar-refractivity contribution in [1.29, 1.82) is 0 Å². The number of carbonyl (C=O) groups excluding carboxylic acids is 3. The number of rotatable bonds is 3. The number of benzene rings is 1. The average Bonchev–Trinajstić information content (AvgIpc) is 2.87. The summed E-state index contributed by atoms with van der Waals surface area (Å²) in [5.74, 6) is 0.559. The highest BCUT2D eigenvalue weighted by Crippen LogP contribution is 2.35. The minimum Gasteiger partial charge on any atom is -0.497 e. The van der Waals surface area contributed by atoms with Gasteiger partial charge in [-0.15, -0.1) is 0 Å². The summed E-state index contributed by atoms with van der Waals surface area (Å²) >= 11 is 0. The molecule has 1 aromatic carbocycles. The van der Waals surface area contributed by atoms with E-state index in [0.29, 0.717) is 43.0 Å². The lowest BCUT2D eigenvalue weighted by Crippen LogP contribution is -2.48. The maximum Gasteiger partial charge on any atom is 0.255 e. The zero-order chi connectivity index (χ0) is 21.2. The molecule has 8 nitrogen and oxygen atoms in total. The van der Waals surface area contributed by atoms with E-state index in [0.717, 1.165) is 0 Å². The Labute approximate surface area is 170 Å². The summed E-state index contributed by atoms with van der Waals surface area (Å²) in [6, 6.07) is 5.09. The first-order chi connectivity index (χ1) is 13.6. The van der Waals surface area contributed by atoms with Crippen LogP contribution in [0.3, 0.4) is 0 Å². The average molecular weight is 403 g/mol. The van der Waals surface area contributed by atoms with Crippen LogP contribution >= 0.6 is 0 Å². The molecule has 3 rings (SSSR count). The number of ether oxygens (including phenoxy) is 2. The van der Waals surface area contributed by atoms with Crippen LogP contribution in [0, 0.1) is 0 Å². The Morgan fingerprint density at radius 2 is 2.07 bits per heavy atom. The molecule has 29 heavy (non-hydrogen) atoms. The lowest BCUT2D eigenvalue weighted by Gasteiger charge is -2.32. The van der Waals surface area contributed by atoms with E-state index in [-0.39, 0.29) is 36.2 Å². The van der Waals surface area contributed by atoms with Crippen LogP contribution in [-0.2, 0) is 9.59 Å². The monoisotopic (exact) mass is 403 g/mol. The Bertz CT molecular complexity index is 817. The molecule has 1 aromatic rings. The third-order valence-corrected chi connectivity index (χ3v) is 5.16. The summed E-state index contributed by atoms with van der Waals surface area (Å²) in [4.78, 5) is 38.9. The highest BCUT2D eigenvalue weighted by Gasteiger charge is 2.40. The smallest absolute Gasteiger partial charge is 0.255 e. The van der Waals surface area contributed by atoms with E-state index in [1.165, 1.54) is 0 Å². The zero-order valence-electron chi connectivity index (χ0n) is 17.5. The summed E-state index contributed by atoms with van der Waals surface area (Å²) < 4.78 is 11.6. The van der Waals surface area contributed by atoms with Gasteiger partial charge in [0.1, 0.15) is 17.1 Å². The Balaban J connectivity index is 1.76. The largest absolute Gasteiger partial charge is 0.497 e. The van der Waals surface area contributed by atoms with E-state index in [1.54, 1.807) is 30.2 Å². The van der Waals surface area contributed by atoms with Gasteiger partial charge in [0.05, 0.1) is 25.8 Å². The molecule has 2 aliphatic rings. The fourth-order valence-electron chi connectivity index (χ4n) is 3.67. The number of carbonyl (C=O) groups is 3. The summed E-state index contributed by atoms with van der Waals surface area (Å²) in [6.07, 6.45) is 1.22. The second kappa shape index (κ2) is 7.93. The molecule has 158 valence electrons. The van der Waals surface area contributed by atoms with Crippen LogP contribution in [0.2, 0.25) is 0 Å². The van der Waals surface area contributed by atoms with Crippen molar-refractivity contribution in [3.63, 3.8) is 0 Å². The molecule has 0 bridgehead atoms. The van der Waals surface area contributed by atoms with Crippen molar-refractivity contribution >= 4 is 17.7 Å². The molecule has 2 aliphatic heterocycles. The van der Waals surface area contributed by atoms with Crippen LogP contribution in [-0.4, -0.2) is 60.5 Å². The Kier molecular flexibility index (Phi) is 5.73. The van der Waals surface area contributed by atoms with Crippen LogP contribution in [0.15, 0.2) is 18.2 Å². The number of nitrogens with one attached hydrogen (secondary N) is 2. The molecule has 0 aliphatic carbocycles. The van der Waals surface area contributed by atoms with Crippen LogP contribution in [0.5, 0.6) is 11.5 Å². The molecule has 0 aromatic heterocycles. The van der Waals surface area contributed by atoms with Gasteiger partial charge in [0.15, 0.2) is 0 Å². The molecule has 2 heterocycles. The van der Waals surface area contributed by atoms with E-state index in [1.807, 2.05) is 20.8 Å². The number of amides is 3. The van der Waals surface area contributed by atoms with E-state index in [4.69, 9.17) is 9.47 Å². The number of methoxy groups -OCH3 is 1. The van der Waals surface area contributed by atoms with Gasteiger partial charge in [0.2, 0.25) is 11.8 Å². The van der Waals surface area contributed by atoms with Crippen molar-refractivity contribution in [3.05, 3.63) is 23.8 Å². The molecule has 0 saturated carbocycles. The first-order valence-electron chi connectivity index (χ1n) is 9.85. The Hall–Kier alpha value is -2.77. The standard InChI is InChI=1S/C21H29N3O5/c1-20(2,3)23-17(25)12-24-10-9-21(8-7-18(24)26)13-22-19(27)15-6-5-14(28-4)11-16(15)29-21/h5-6,11H,7-10,12-13H2,1-4H3,(H,22,27)(H,23,25)/t21-/m1/s1. The van der Waals surface area contributed by atoms with Crippen LogP contribution in [0.25, 0.3) is 0 Å². The van der Waals surface area contributed by atoms with Crippen molar-refractivity contribution in [1.82, 2.24) is 15.5 Å². The Morgan fingerprint density at radius 3 is 2.76 bits per heavy atom. The normalized spacial score (nSPS) is 22.1. The molecule has 1 atom stereocenters. The molecular weight excluding hydrogens is 374 g/mol. The van der Waals surface area contributed by atoms with Crippen LogP contribution in [0.4, 0.5) is 0 Å². The third kappa shape index (κ3) is 4.99. The van der Waals surface area contributed by atoms with Crippen molar-refractivity contribution in [2.45, 2.75) is 51.2 Å². The van der Waals surface area contributed by atoms with E-state index < -0.39 is 5.60 Å². The quantitative estimate of drug-likeness (QED) is 0.797. The van der Waals surface area contributed by atoms with Gasteiger partial charge < -0.3 is 25.0 Å². The van der Waals surface area contributed by atoms with Gasteiger partial charge in [-0.05, 0) is 39.3 Å². The highest BCUT2D eigenvalue weighted by molar-refractivity contribution is 5.97. The fourth-order valence-corrected chi connectivity index (χ4v) is 3.67. The zero-order valence-corrected chi connectivity index (χ0v) is 17.5. The van der Waals surface area contributed by atoms with Gasteiger partial charge in [-0.3, -0.25) is 14.4 Å². The predicted molar refractivity (Wildman–Crippen MR) is 107 cm³/mol. The first kappa shape index (κ1) is 21.0. The maximum atomic E-state index is 12.6. The molecular formula is C21H29N3O5. The van der Waals surface area contributed by atoms with E-state index in [2.05, 4.69) is 10.6 Å². The number of likely N-dealkylation sites (tertiary alicyclic amines) is 1. The van der Waals surface area contributed by atoms with Crippen molar-refractivity contribution in [2.24, 2.45) is 0 Å². The van der Waals surface area contributed by atoms with Crippen LogP contribution < -0.4 is 20.1 Å². The third-order valence-electron chi connectivity index (χ3n) is 5.16. The Morgan fingerprint density at radius 1 is 1.31 bits per heavy atom. The number of fused-ring (bicyclic) bond motifs is 1. The molecule has 1 fully saturated rings. The molecule has 0 radical (unpaired) electrons. The molecule has 1 saturated heterocycles. The number of hydrogen-bond acceptors (Lipinski definition) is 5. The lowest BCUT2D eigenvalue weighted by atomic mass is 9.94. The number of hydrogen-bond donors (Lipinski definition) is 2. The van der Waals surface area contributed by atoms with Crippen molar-refractivity contribution in [2.75, 3.05) is 26.7 Å². The van der Waals surface area contributed by atoms with Gasteiger partial charge >= 0.3 is 0 Å². The van der Waals surface area contributed by atoms with Gasteiger partial charge in [-0.1, -0.05) is 0 Å².